The quantitative estimate of drug-likeness (QED) is 0.763. The molecule has 0 aromatic heterocycles. The van der Waals surface area contributed by atoms with Gasteiger partial charge in [-0.25, -0.2) is 0 Å². The Bertz CT molecular complexity index is 215. The Hall–Kier alpha value is -0.610. The van der Waals surface area contributed by atoms with Crippen molar-refractivity contribution in [2.75, 3.05) is 26.7 Å². The van der Waals surface area contributed by atoms with Gasteiger partial charge in [-0.3, -0.25) is 4.79 Å². The molecule has 0 aliphatic carbocycles. The highest BCUT2D eigenvalue weighted by Crippen LogP contribution is 2.11. The van der Waals surface area contributed by atoms with Crippen LogP contribution in [0, 0.1) is 0 Å². The predicted octanol–water partition coefficient (Wildman–Crippen LogP) is 1.01. The number of nitrogens with zero attached hydrogens (tertiary/aromatic N) is 1. The van der Waals surface area contributed by atoms with Crippen LogP contribution in [-0.4, -0.2) is 49.7 Å². The molecule has 0 radical (unpaired) electrons. The second kappa shape index (κ2) is 6.86. The van der Waals surface area contributed by atoms with Gasteiger partial charge in [0.2, 0.25) is 5.91 Å². The number of likely N-dealkylation sites (N-methyl/N-ethyl adjacent to an activating group) is 1. The molecule has 1 fully saturated rings. The highest BCUT2D eigenvalue weighted by atomic mass is 16.5. The van der Waals surface area contributed by atoms with Crippen LogP contribution in [0.4, 0.5) is 0 Å². The van der Waals surface area contributed by atoms with E-state index in [0.717, 1.165) is 26.1 Å². The zero-order valence-electron chi connectivity index (χ0n) is 10.7. The van der Waals surface area contributed by atoms with Gasteiger partial charge in [0.15, 0.2) is 0 Å². The molecule has 1 heterocycles. The molecule has 1 amide bonds. The molecular weight excluding hydrogens is 204 g/mol. The van der Waals surface area contributed by atoms with Crippen LogP contribution < -0.4 is 5.32 Å². The Balaban J connectivity index is 2.22. The summed E-state index contributed by atoms with van der Waals surface area (Å²) in [5, 5.41) is 3.25. The highest BCUT2D eigenvalue weighted by molar-refractivity contribution is 5.81. The van der Waals surface area contributed by atoms with Gasteiger partial charge in [0.1, 0.15) is 0 Å². The topological polar surface area (TPSA) is 41.6 Å². The molecule has 4 nitrogen and oxygen atoms in total. The number of nitrogens with one attached hydrogen (secondary N) is 1. The van der Waals surface area contributed by atoms with Gasteiger partial charge in [-0.15, -0.1) is 0 Å². The van der Waals surface area contributed by atoms with E-state index in [1.54, 1.807) is 4.90 Å². The van der Waals surface area contributed by atoms with Crippen molar-refractivity contribution >= 4 is 5.91 Å². The molecule has 1 aliphatic rings. The summed E-state index contributed by atoms with van der Waals surface area (Å²) in [5.41, 5.74) is 0. The molecule has 0 saturated carbocycles. The summed E-state index contributed by atoms with van der Waals surface area (Å²) in [4.78, 5) is 13.5. The lowest BCUT2D eigenvalue weighted by Crippen LogP contribution is -2.46. The van der Waals surface area contributed by atoms with Crippen molar-refractivity contribution < 1.29 is 9.53 Å². The van der Waals surface area contributed by atoms with Crippen molar-refractivity contribution in [1.29, 1.82) is 0 Å². The van der Waals surface area contributed by atoms with Gasteiger partial charge in [-0.05, 0) is 33.1 Å². The van der Waals surface area contributed by atoms with Crippen molar-refractivity contribution in [3.63, 3.8) is 0 Å². The van der Waals surface area contributed by atoms with Crippen molar-refractivity contribution in [2.45, 2.75) is 45.3 Å². The lowest BCUT2D eigenvalue weighted by Gasteiger charge is -2.26. The first kappa shape index (κ1) is 13.5. The number of amides is 1. The van der Waals surface area contributed by atoms with Gasteiger partial charge in [-0.1, -0.05) is 0 Å². The van der Waals surface area contributed by atoms with Crippen LogP contribution in [0.2, 0.25) is 0 Å². The third-order valence-electron chi connectivity index (χ3n) is 3.15. The Kier molecular flexibility index (Phi) is 5.77. The summed E-state index contributed by atoms with van der Waals surface area (Å²) < 4.78 is 5.61. The maximum atomic E-state index is 11.8. The van der Waals surface area contributed by atoms with E-state index < -0.39 is 0 Å². The molecule has 1 N–H and O–H groups in total. The van der Waals surface area contributed by atoms with Crippen LogP contribution in [0.1, 0.15) is 33.1 Å². The standard InChI is InChI=1S/C12H24N2O2/c1-4-14(3)12(15)10(2)13-9-11-7-5-6-8-16-11/h10-11,13H,4-9H2,1-3H3. The van der Waals surface area contributed by atoms with Gasteiger partial charge in [0, 0.05) is 26.7 Å². The number of hydrogen-bond donors (Lipinski definition) is 1. The van der Waals surface area contributed by atoms with Crippen molar-refractivity contribution in [2.24, 2.45) is 0 Å². The number of hydrogen-bond acceptors (Lipinski definition) is 3. The summed E-state index contributed by atoms with van der Waals surface area (Å²) in [5.74, 6) is 0.151. The van der Waals surface area contributed by atoms with Gasteiger partial charge >= 0.3 is 0 Å². The van der Waals surface area contributed by atoms with Crippen molar-refractivity contribution in [3.05, 3.63) is 0 Å². The fourth-order valence-corrected chi connectivity index (χ4v) is 1.85. The summed E-state index contributed by atoms with van der Waals surface area (Å²) in [6.07, 6.45) is 3.81. The molecule has 4 heteroatoms. The molecule has 2 atom stereocenters. The largest absolute Gasteiger partial charge is 0.377 e. The fourth-order valence-electron chi connectivity index (χ4n) is 1.85. The molecule has 2 unspecified atom stereocenters. The Morgan fingerprint density at radius 3 is 2.88 bits per heavy atom. The zero-order chi connectivity index (χ0) is 12.0. The van der Waals surface area contributed by atoms with Crippen LogP contribution in [-0.2, 0) is 9.53 Å². The average molecular weight is 228 g/mol. The fraction of sp³-hybridized carbons (Fsp3) is 0.917. The van der Waals surface area contributed by atoms with Crippen LogP contribution in [0.5, 0.6) is 0 Å². The summed E-state index contributed by atoms with van der Waals surface area (Å²) in [7, 11) is 1.83. The molecular formula is C12H24N2O2. The van der Waals surface area contributed by atoms with Gasteiger partial charge in [-0.2, -0.15) is 0 Å². The van der Waals surface area contributed by atoms with Crippen LogP contribution in [0.3, 0.4) is 0 Å². The zero-order valence-corrected chi connectivity index (χ0v) is 10.7. The first-order chi connectivity index (χ1) is 7.65. The van der Waals surface area contributed by atoms with Crippen molar-refractivity contribution in [3.8, 4) is 0 Å². The SMILES string of the molecule is CCN(C)C(=O)C(C)NCC1CCCCO1. The normalized spacial score (nSPS) is 22.8. The monoisotopic (exact) mass is 228 g/mol. The van der Waals surface area contributed by atoms with Crippen molar-refractivity contribution in [1.82, 2.24) is 10.2 Å². The number of ether oxygens (including phenoxy) is 1. The summed E-state index contributed by atoms with van der Waals surface area (Å²) in [6.45, 7) is 6.30. The molecule has 16 heavy (non-hydrogen) atoms. The molecule has 94 valence electrons. The first-order valence-electron chi connectivity index (χ1n) is 6.25. The number of rotatable bonds is 5. The molecule has 1 rings (SSSR count). The molecule has 1 saturated heterocycles. The molecule has 0 aromatic rings. The van der Waals surface area contributed by atoms with E-state index in [4.69, 9.17) is 4.74 Å². The lowest BCUT2D eigenvalue weighted by atomic mass is 10.1. The lowest BCUT2D eigenvalue weighted by molar-refractivity contribution is -0.131. The molecule has 1 aliphatic heterocycles. The number of carbonyl (C=O) groups is 1. The summed E-state index contributed by atoms with van der Waals surface area (Å²) in [6, 6.07) is -0.115. The van der Waals surface area contributed by atoms with E-state index in [9.17, 15) is 4.79 Å². The van der Waals surface area contributed by atoms with Crippen LogP contribution in [0.15, 0.2) is 0 Å². The average Bonchev–Trinajstić information content (AvgIpc) is 2.35. The van der Waals surface area contributed by atoms with Gasteiger partial charge in [0.25, 0.3) is 0 Å². The Morgan fingerprint density at radius 1 is 1.56 bits per heavy atom. The van der Waals surface area contributed by atoms with Crippen LogP contribution >= 0.6 is 0 Å². The van der Waals surface area contributed by atoms with Gasteiger partial charge in [0.05, 0.1) is 12.1 Å². The second-order valence-electron chi connectivity index (χ2n) is 4.47. The van der Waals surface area contributed by atoms with Crippen LogP contribution in [0.25, 0.3) is 0 Å². The first-order valence-corrected chi connectivity index (χ1v) is 6.25. The third-order valence-corrected chi connectivity index (χ3v) is 3.15. The Morgan fingerprint density at radius 2 is 2.31 bits per heavy atom. The highest BCUT2D eigenvalue weighted by Gasteiger charge is 2.19. The Labute approximate surface area is 98.3 Å². The minimum Gasteiger partial charge on any atom is -0.377 e. The van der Waals surface area contributed by atoms with E-state index >= 15 is 0 Å². The molecule has 0 aromatic carbocycles. The third kappa shape index (κ3) is 4.10. The van der Waals surface area contributed by atoms with Gasteiger partial charge < -0.3 is 15.0 Å². The minimum atomic E-state index is -0.115. The van der Waals surface area contributed by atoms with E-state index in [1.807, 2.05) is 20.9 Å². The maximum absolute atomic E-state index is 11.8. The predicted molar refractivity (Wildman–Crippen MR) is 64.4 cm³/mol. The number of carbonyl (C=O) groups excluding carboxylic acids is 1. The van der Waals surface area contributed by atoms with E-state index in [2.05, 4.69) is 5.32 Å². The second-order valence-corrected chi connectivity index (χ2v) is 4.47. The summed E-state index contributed by atoms with van der Waals surface area (Å²) >= 11 is 0. The molecule has 0 spiro atoms. The molecule has 0 bridgehead atoms. The minimum absolute atomic E-state index is 0.115. The van der Waals surface area contributed by atoms with E-state index in [0.29, 0.717) is 0 Å². The van der Waals surface area contributed by atoms with E-state index in [1.165, 1.54) is 12.8 Å². The smallest absolute Gasteiger partial charge is 0.239 e. The maximum Gasteiger partial charge on any atom is 0.239 e. The van der Waals surface area contributed by atoms with E-state index in [-0.39, 0.29) is 18.1 Å².